The second-order valence-electron chi connectivity index (χ2n) is 6.00. The van der Waals surface area contributed by atoms with E-state index in [0.717, 1.165) is 34.4 Å². The number of carbonyl (C=O) groups is 1. The van der Waals surface area contributed by atoms with Crippen molar-refractivity contribution in [3.8, 4) is 10.7 Å². The van der Waals surface area contributed by atoms with Gasteiger partial charge in [0.05, 0.1) is 10.1 Å². The minimum Gasteiger partial charge on any atom is -0.325 e. The van der Waals surface area contributed by atoms with E-state index in [1.54, 1.807) is 11.3 Å². The molecule has 0 bridgehead atoms. The highest BCUT2D eigenvalue weighted by Crippen LogP contribution is 2.42. The Hall–Kier alpha value is -2.12. The molecule has 0 radical (unpaired) electrons. The van der Waals surface area contributed by atoms with Gasteiger partial charge in [-0.25, -0.2) is 0 Å². The number of rotatable bonds is 6. The van der Waals surface area contributed by atoms with Crippen molar-refractivity contribution in [2.24, 2.45) is 0 Å². The molecule has 1 saturated carbocycles. The van der Waals surface area contributed by atoms with Crippen molar-refractivity contribution in [2.45, 2.75) is 36.2 Å². The Kier molecular flexibility index (Phi) is 4.59. The highest BCUT2D eigenvalue weighted by Gasteiger charge is 2.31. The van der Waals surface area contributed by atoms with Gasteiger partial charge in [0.2, 0.25) is 5.91 Å². The Labute approximate surface area is 154 Å². The number of benzene rings is 1. The maximum atomic E-state index is 12.5. The quantitative estimate of drug-likeness (QED) is 0.651. The third-order valence-electron chi connectivity index (χ3n) is 4.01. The van der Waals surface area contributed by atoms with Crippen LogP contribution in [0.4, 0.5) is 5.69 Å². The van der Waals surface area contributed by atoms with Gasteiger partial charge in [-0.3, -0.25) is 9.36 Å². The lowest BCUT2D eigenvalue weighted by molar-refractivity contribution is -0.115. The van der Waals surface area contributed by atoms with Crippen LogP contribution in [0.25, 0.3) is 10.7 Å². The van der Waals surface area contributed by atoms with Crippen LogP contribution >= 0.6 is 23.1 Å². The van der Waals surface area contributed by atoms with Crippen molar-refractivity contribution in [3.05, 3.63) is 47.8 Å². The number of nitrogens with one attached hydrogen (secondary N) is 1. The molecule has 3 aromatic rings. The number of hydrogen-bond acceptors (Lipinski definition) is 5. The molecule has 1 amide bonds. The van der Waals surface area contributed by atoms with Crippen LogP contribution in [0.3, 0.4) is 0 Å². The zero-order chi connectivity index (χ0) is 17.2. The van der Waals surface area contributed by atoms with Crippen LogP contribution in [-0.4, -0.2) is 25.9 Å². The molecular weight excluding hydrogens is 352 g/mol. The first-order chi connectivity index (χ1) is 12.2. The molecule has 1 atom stereocenters. The van der Waals surface area contributed by atoms with Crippen LogP contribution in [0.2, 0.25) is 0 Å². The second kappa shape index (κ2) is 7.01. The number of carbonyl (C=O) groups excluding carboxylic acids is 1. The lowest BCUT2D eigenvalue weighted by atomic mass is 10.3. The Balaban J connectivity index is 1.51. The summed E-state index contributed by atoms with van der Waals surface area (Å²) in [5, 5.41) is 14.3. The van der Waals surface area contributed by atoms with E-state index in [-0.39, 0.29) is 11.2 Å². The molecule has 25 heavy (non-hydrogen) atoms. The van der Waals surface area contributed by atoms with Crippen LogP contribution in [0.15, 0.2) is 53.0 Å². The fourth-order valence-corrected chi connectivity index (χ4v) is 4.19. The van der Waals surface area contributed by atoms with E-state index in [1.807, 2.05) is 48.7 Å². The monoisotopic (exact) mass is 370 g/mol. The maximum absolute atomic E-state index is 12.5. The van der Waals surface area contributed by atoms with Crippen LogP contribution in [0.1, 0.15) is 25.8 Å². The summed E-state index contributed by atoms with van der Waals surface area (Å²) in [5.41, 5.74) is 0.808. The van der Waals surface area contributed by atoms with Crippen molar-refractivity contribution in [3.63, 3.8) is 0 Å². The number of thioether (sulfide) groups is 1. The van der Waals surface area contributed by atoms with Gasteiger partial charge in [-0.15, -0.1) is 21.5 Å². The van der Waals surface area contributed by atoms with E-state index in [9.17, 15) is 4.79 Å². The topological polar surface area (TPSA) is 59.8 Å². The lowest BCUT2D eigenvalue weighted by Gasteiger charge is -2.13. The predicted molar refractivity (Wildman–Crippen MR) is 102 cm³/mol. The summed E-state index contributed by atoms with van der Waals surface area (Å²) in [5.74, 6) is 0.884. The minimum atomic E-state index is -0.252. The normalized spacial score (nSPS) is 15.1. The van der Waals surface area contributed by atoms with Gasteiger partial charge in [0.25, 0.3) is 0 Å². The molecule has 4 rings (SSSR count). The number of hydrogen-bond donors (Lipinski definition) is 1. The highest BCUT2D eigenvalue weighted by atomic mass is 32.2. The lowest BCUT2D eigenvalue weighted by Crippen LogP contribution is -2.22. The van der Waals surface area contributed by atoms with E-state index in [4.69, 9.17) is 0 Å². The molecule has 5 nitrogen and oxygen atoms in total. The third-order valence-corrected chi connectivity index (χ3v) is 5.93. The Morgan fingerprint density at radius 3 is 2.72 bits per heavy atom. The highest BCUT2D eigenvalue weighted by molar-refractivity contribution is 8.00. The van der Waals surface area contributed by atoms with Gasteiger partial charge in [-0.05, 0) is 43.3 Å². The predicted octanol–water partition coefficient (Wildman–Crippen LogP) is 4.46. The molecule has 7 heteroatoms. The van der Waals surface area contributed by atoms with E-state index < -0.39 is 0 Å². The molecule has 1 aliphatic rings. The molecule has 128 valence electrons. The van der Waals surface area contributed by atoms with E-state index >= 15 is 0 Å². The van der Waals surface area contributed by atoms with E-state index in [0.29, 0.717) is 6.04 Å². The molecule has 1 aliphatic carbocycles. The molecule has 0 spiro atoms. The van der Waals surface area contributed by atoms with Crippen molar-refractivity contribution in [2.75, 3.05) is 5.32 Å². The van der Waals surface area contributed by atoms with Crippen LogP contribution < -0.4 is 5.32 Å². The molecule has 0 aliphatic heterocycles. The van der Waals surface area contributed by atoms with Crippen LogP contribution in [-0.2, 0) is 4.79 Å². The number of nitrogens with zero attached hydrogens (tertiary/aromatic N) is 3. The SMILES string of the molecule is C[C@H](Sc1nnc(-c2cccs2)n1C1CC1)C(=O)Nc1ccccc1. The molecular formula is C18H18N4OS2. The molecule has 0 unspecified atom stereocenters. The number of thiophene rings is 1. The Bertz CT molecular complexity index is 857. The summed E-state index contributed by atoms with van der Waals surface area (Å²) in [7, 11) is 0. The summed E-state index contributed by atoms with van der Waals surface area (Å²) >= 11 is 3.13. The van der Waals surface area contributed by atoms with Gasteiger partial charge in [-0.2, -0.15) is 0 Å². The van der Waals surface area contributed by atoms with Crippen molar-refractivity contribution >= 4 is 34.7 Å². The van der Waals surface area contributed by atoms with Gasteiger partial charge in [-0.1, -0.05) is 36.0 Å². The summed E-state index contributed by atoms with van der Waals surface area (Å²) in [6.45, 7) is 1.90. The second-order valence-corrected chi connectivity index (χ2v) is 8.26. The Morgan fingerprint density at radius 1 is 1.24 bits per heavy atom. The first-order valence-electron chi connectivity index (χ1n) is 8.23. The smallest absolute Gasteiger partial charge is 0.237 e. The summed E-state index contributed by atoms with van der Waals surface area (Å²) in [6.07, 6.45) is 2.29. The molecule has 1 aromatic carbocycles. The molecule has 2 aromatic heterocycles. The number of anilines is 1. The first kappa shape index (κ1) is 16.4. The average molecular weight is 371 g/mol. The molecule has 1 fully saturated rings. The number of para-hydroxylation sites is 1. The fourth-order valence-electron chi connectivity index (χ4n) is 2.57. The summed E-state index contributed by atoms with van der Waals surface area (Å²) < 4.78 is 2.20. The van der Waals surface area contributed by atoms with Gasteiger partial charge in [0.15, 0.2) is 11.0 Å². The van der Waals surface area contributed by atoms with Crippen LogP contribution in [0.5, 0.6) is 0 Å². The minimum absolute atomic E-state index is 0.0285. The van der Waals surface area contributed by atoms with E-state index in [2.05, 4.69) is 26.1 Å². The molecule has 2 heterocycles. The van der Waals surface area contributed by atoms with Crippen molar-refractivity contribution in [1.29, 1.82) is 0 Å². The molecule has 1 N–H and O–H groups in total. The van der Waals surface area contributed by atoms with Gasteiger partial charge in [0, 0.05) is 11.7 Å². The van der Waals surface area contributed by atoms with Crippen molar-refractivity contribution < 1.29 is 4.79 Å². The van der Waals surface area contributed by atoms with Gasteiger partial charge in [0.1, 0.15) is 0 Å². The fraction of sp³-hybridized carbons (Fsp3) is 0.278. The zero-order valence-electron chi connectivity index (χ0n) is 13.8. The summed E-state index contributed by atoms with van der Waals surface area (Å²) in [6, 6.07) is 14.1. The van der Waals surface area contributed by atoms with E-state index in [1.165, 1.54) is 11.8 Å². The van der Waals surface area contributed by atoms with Gasteiger partial charge < -0.3 is 5.32 Å². The summed E-state index contributed by atoms with van der Waals surface area (Å²) in [4.78, 5) is 13.6. The van der Waals surface area contributed by atoms with Crippen LogP contribution in [0, 0.1) is 0 Å². The Morgan fingerprint density at radius 2 is 2.04 bits per heavy atom. The average Bonchev–Trinajstić information content (AvgIpc) is 3.15. The largest absolute Gasteiger partial charge is 0.325 e. The number of aromatic nitrogens is 3. The zero-order valence-corrected chi connectivity index (χ0v) is 15.4. The van der Waals surface area contributed by atoms with Crippen molar-refractivity contribution in [1.82, 2.24) is 14.8 Å². The molecule has 0 saturated heterocycles. The van der Waals surface area contributed by atoms with Gasteiger partial charge >= 0.3 is 0 Å². The standard InChI is InChI=1S/C18H18N4OS2/c1-12(17(23)19-13-6-3-2-4-7-13)25-18-21-20-16(15-8-5-11-24-15)22(18)14-9-10-14/h2-8,11-12,14H,9-10H2,1H3,(H,19,23)/t12-/m0/s1. The maximum Gasteiger partial charge on any atom is 0.237 e. The first-order valence-corrected chi connectivity index (χ1v) is 9.99. The third kappa shape index (κ3) is 3.62. The number of amides is 1.